The molecule has 62 heavy (non-hydrogen) atoms. The molecular formula is C56H34N6. The Labute approximate surface area is 357 Å². The first-order valence-corrected chi connectivity index (χ1v) is 20.6. The van der Waals surface area contributed by atoms with Crippen LogP contribution in [0.5, 0.6) is 0 Å². The smallest absolute Gasteiger partial charge is 0.162 e. The van der Waals surface area contributed by atoms with Crippen molar-refractivity contribution in [2.45, 2.75) is 0 Å². The van der Waals surface area contributed by atoms with Gasteiger partial charge in [-0.3, -0.25) is 19.9 Å². The summed E-state index contributed by atoms with van der Waals surface area (Å²) in [4.78, 5) is 29.4. The Morgan fingerprint density at radius 2 is 0.839 bits per heavy atom. The zero-order valence-corrected chi connectivity index (χ0v) is 33.3. The maximum atomic E-state index is 5.52. The highest BCUT2D eigenvalue weighted by Gasteiger charge is 2.21. The molecule has 5 aromatic heterocycles. The molecule has 12 rings (SSSR count). The minimum absolute atomic E-state index is 0.573. The van der Waals surface area contributed by atoms with Crippen LogP contribution in [-0.2, 0) is 0 Å². The van der Waals surface area contributed by atoms with Crippen molar-refractivity contribution in [1.82, 2.24) is 29.9 Å². The summed E-state index contributed by atoms with van der Waals surface area (Å²) >= 11 is 0. The minimum atomic E-state index is 0.573. The van der Waals surface area contributed by atoms with Crippen LogP contribution >= 0.6 is 0 Å². The van der Waals surface area contributed by atoms with E-state index in [0.29, 0.717) is 5.82 Å². The Kier molecular flexibility index (Phi) is 8.38. The third-order valence-electron chi connectivity index (χ3n) is 11.9. The Morgan fingerprint density at radius 3 is 1.40 bits per heavy atom. The molecule has 0 unspecified atom stereocenters. The number of aromatic nitrogens is 6. The van der Waals surface area contributed by atoms with Gasteiger partial charge in [0.05, 0.1) is 22.6 Å². The second-order valence-corrected chi connectivity index (χ2v) is 15.5. The predicted molar refractivity (Wildman–Crippen MR) is 253 cm³/mol. The zero-order valence-electron chi connectivity index (χ0n) is 33.3. The summed E-state index contributed by atoms with van der Waals surface area (Å²) in [6.45, 7) is 0. The standard InChI is InChI=1S/C56H34N6/c1-3-15-42-35(11-1)27-48(46-19-7-5-17-44(42)46)41-29-50(49-28-36-12-2-4-16-43(36)45-18-6-8-20-47(45)49)55-51(30-41)54(39-21-23-52(59-33-39)37-13-9-25-57-31-37)61-56(62-55)40-22-24-53(60-34-40)38-14-10-26-58-32-38/h1-34H. The molecule has 0 bridgehead atoms. The molecule has 6 heteroatoms. The van der Waals surface area contributed by atoms with Crippen molar-refractivity contribution in [2.75, 3.05) is 0 Å². The first-order valence-electron chi connectivity index (χ1n) is 20.6. The van der Waals surface area contributed by atoms with E-state index >= 15 is 0 Å². The fraction of sp³-hybridized carbons (Fsp3) is 0. The van der Waals surface area contributed by atoms with Gasteiger partial charge in [-0.05, 0) is 133 Å². The molecule has 0 spiro atoms. The van der Waals surface area contributed by atoms with Crippen molar-refractivity contribution >= 4 is 54.0 Å². The van der Waals surface area contributed by atoms with Crippen LogP contribution in [-0.4, -0.2) is 29.9 Å². The van der Waals surface area contributed by atoms with E-state index in [9.17, 15) is 0 Å². The highest BCUT2D eigenvalue weighted by molar-refractivity contribution is 6.19. The Bertz CT molecular complexity index is 3660. The molecule has 0 saturated carbocycles. The molecule has 0 aliphatic carbocycles. The van der Waals surface area contributed by atoms with Crippen LogP contribution < -0.4 is 0 Å². The summed E-state index contributed by atoms with van der Waals surface area (Å²) in [5, 5.41) is 10.4. The fourth-order valence-electron chi connectivity index (χ4n) is 8.94. The number of benzene rings is 7. The summed E-state index contributed by atoms with van der Waals surface area (Å²) in [7, 11) is 0. The second kappa shape index (κ2) is 14.7. The van der Waals surface area contributed by atoms with Crippen molar-refractivity contribution in [3.05, 3.63) is 207 Å². The van der Waals surface area contributed by atoms with E-state index in [4.69, 9.17) is 19.9 Å². The first kappa shape index (κ1) is 35.5. The molecule has 0 radical (unpaired) electrons. The Hall–Kier alpha value is -8.48. The van der Waals surface area contributed by atoms with Crippen LogP contribution in [0.15, 0.2) is 207 Å². The van der Waals surface area contributed by atoms with Crippen LogP contribution in [0.3, 0.4) is 0 Å². The summed E-state index contributed by atoms with van der Waals surface area (Å²) in [5.74, 6) is 0.573. The number of nitrogens with zero attached hydrogens (tertiary/aromatic N) is 6. The summed E-state index contributed by atoms with van der Waals surface area (Å²) < 4.78 is 0. The van der Waals surface area contributed by atoms with E-state index in [-0.39, 0.29) is 0 Å². The second-order valence-electron chi connectivity index (χ2n) is 15.5. The largest absolute Gasteiger partial charge is 0.264 e. The van der Waals surface area contributed by atoms with Crippen molar-refractivity contribution in [1.29, 1.82) is 0 Å². The Balaban J connectivity index is 1.19. The minimum Gasteiger partial charge on any atom is -0.264 e. The lowest BCUT2D eigenvalue weighted by molar-refractivity contribution is 1.20. The van der Waals surface area contributed by atoms with Crippen LogP contribution in [0, 0.1) is 0 Å². The maximum Gasteiger partial charge on any atom is 0.162 e. The van der Waals surface area contributed by atoms with Gasteiger partial charge in [0.1, 0.15) is 0 Å². The van der Waals surface area contributed by atoms with Crippen molar-refractivity contribution in [3.63, 3.8) is 0 Å². The maximum absolute atomic E-state index is 5.52. The highest BCUT2D eigenvalue weighted by Crippen LogP contribution is 2.44. The first-order chi connectivity index (χ1) is 30.7. The van der Waals surface area contributed by atoms with Crippen LogP contribution in [0.25, 0.3) is 121 Å². The van der Waals surface area contributed by atoms with Gasteiger partial charge in [-0.2, -0.15) is 0 Å². The van der Waals surface area contributed by atoms with Crippen molar-refractivity contribution in [3.8, 4) is 67.4 Å². The lowest BCUT2D eigenvalue weighted by Gasteiger charge is -2.18. The summed E-state index contributed by atoms with van der Waals surface area (Å²) in [5.41, 5.74) is 11.2. The number of pyridine rings is 4. The van der Waals surface area contributed by atoms with E-state index in [1.54, 1.807) is 12.4 Å². The molecule has 0 fully saturated rings. The number of fused-ring (bicyclic) bond motifs is 7. The van der Waals surface area contributed by atoms with E-state index in [2.05, 4.69) is 137 Å². The molecule has 0 N–H and O–H groups in total. The number of hydrogen-bond acceptors (Lipinski definition) is 6. The summed E-state index contributed by atoms with van der Waals surface area (Å²) in [6, 6.07) is 60.0. The monoisotopic (exact) mass is 790 g/mol. The number of hydrogen-bond donors (Lipinski definition) is 0. The Morgan fingerprint density at radius 1 is 0.306 bits per heavy atom. The fourth-order valence-corrected chi connectivity index (χ4v) is 8.94. The molecule has 0 aliphatic rings. The average Bonchev–Trinajstić information content (AvgIpc) is 3.36. The van der Waals surface area contributed by atoms with Gasteiger partial charge in [-0.25, -0.2) is 9.97 Å². The normalized spacial score (nSPS) is 11.5. The zero-order chi connectivity index (χ0) is 41.0. The van der Waals surface area contributed by atoms with Crippen molar-refractivity contribution in [2.24, 2.45) is 0 Å². The van der Waals surface area contributed by atoms with Gasteiger partial charge in [0.2, 0.25) is 0 Å². The molecule has 0 saturated heterocycles. The van der Waals surface area contributed by atoms with Crippen LogP contribution in [0.2, 0.25) is 0 Å². The molecule has 0 aliphatic heterocycles. The molecule has 7 aromatic carbocycles. The number of rotatable bonds is 6. The highest BCUT2D eigenvalue weighted by atomic mass is 14.9. The lowest BCUT2D eigenvalue weighted by Crippen LogP contribution is -1.99. The average molecular weight is 791 g/mol. The van der Waals surface area contributed by atoms with Gasteiger partial charge in [-0.15, -0.1) is 0 Å². The topological polar surface area (TPSA) is 77.3 Å². The molecule has 0 atom stereocenters. The molecule has 288 valence electrons. The van der Waals surface area contributed by atoms with E-state index in [1.165, 1.54) is 32.3 Å². The van der Waals surface area contributed by atoms with Gasteiger partial charge in [0, 0.05) is 70.4 Å². The van der Waals surface area contributed by atoms with Gasteiger partial charge < -0.3 is 0 Å². The molecule has 6 nitrogen and oxygen atoms in total. The molecule has 5 heterocycles. The quantitative estimate of drug-likeness (QED) is 0.156. The summed E-state index contributed by atoms with van der Waals surface area (Å²) in [6.07, 6.45) is 11.0. The van der Waals surface area contributed by atoms with E-state index in [0.717, 1.165) is 83.3 Å². The third kappa shape index (κ3) is 6.04. The van der Waals surface area contributed by atoms with E-state index < -0.39 is 0 Å². The molecule has 12 aromatic rings. The van der Waals surface area contributed by atoms with Gasteiger partial charge in [0.25, 0.3) is 0 Å². The van der Waals surface area contributed by atoms with Crippen LogP contribution in [0.1, 0.15) is 0 Å². The van der Waals surface area contributed by atoms with Gasteiger partial charge in [-0.1, -0.05) is 97.1 Å². The molecular weight excluding hydrogens is 757 g/mol. The van der Waals surface area contributed by atoms with Crippen molar-refractivity contribution < 1.29 is 0 Å². The van der Waals surface area contributed by atoms with Crippen LogP contribution in [0.4, 0.5) is 0 Å². The van der Waals surface area contributed by atoms with Gasteiger partial charge in [0.15, 0.2) is 5.82 Å². The molecule has 0 amide bonds. The lowest BCUT2D eigenvalue weighted by atomic mass is 9.87. The SMILES string of the molecule is c1cncc(-c2ccc(-c3nc(-c4ccc(-c5cccnc5)nc4)c4cc(-c5cc6ccccc6c6ccccc56)cc(-c5cc6ccccc6c6ccccc56)c4n3)cn2)c1. The van der Waals surface area contributed by atoms with Gasteiger partial charge >= 0.3 is 0 Å². The predicted octanol–water partition coefficient (Wildman–Crippen LogP) is 13.8. The van der Waals surface area contributed by atoms with E-state index in [1.807, 2.05) is 67.3 Å². The third-order valence-corrected chi connectivity index (χ3v) is 11.9.